The quantitative estimate of drug-likeness (QED) is 0.163. The van der Waals surface area contributed by atoms with E-state index in [0.717, 1.165) is 64.2 Å². The third kappa shape index (κ3) is 4.39. The lowest BCUT2D eigenvalue weighted by Crippen LogP contribution is -2.62. The molecule has 0 saturated heterocycles. The molecule has 0 radical (unpaired) electrons. The van der Waals surface area contributed by atoms with E-state index < -0.39 is 29.4 Å². The number of hydrogen-bond donors (Lipinski definition) is 4. The molecule has 0 bridgehead atoms. The minimum atomic E-state index is -1.46. The van der Waals surface area contributed by atoms with Gasteiger partial charge in [-0.25, -0.2) is 0 Å². The molecule has 4 fully saturated rings. The number of carboxylic acid groups (broad SMARTS) is 1. The summed E-state index contributed by atoms with van der Waals surface area (Å²) in [5.74, 6) is 0.633. The predicted molar refractivity (Wildman–Crippen MR) is 159 cm³/mol. The minimum Gasteiger partial charge on any atom is -0.509 e. The zero-order valence-corrected chi connectivity index (χ0v) is 26.4. The Labute approximate surface area is 246 Å². The Bertz CT molecular complexity index is 1150. The average Bonchev–Trinajstić information content (AvgIpc) is 2.90. The summed E-state index contributed by atoms with van der Waals surface area (Å²) in [7, 11) is 0. The van der Waals surface area contributed by atoms with Crippen molar-refractivity contribution in [2.24, 2.45) is 57.2 Å². The molecule has 4 N–H and O–H groups in total. The first-order valence-corrected chi connectivity index (χ1v) is 16.3. The summed E-state index contributed by atoms with van der Waals surface area (Å²) in [6.45, 7) is 14.7. The van der Waals surface area contributed by atoms with Crippen molar-refractivity contribution in [2.75, 3.05) is 0 Å². The minimum absolute atomic E-state index is 0.0648. The van der Waals surface area contributed by atoms with Crippen LogP contribution < -0.4 is 0 Å². The van der Waals surface area contributed by atoms with Gasteiger partial charge in [-0.05, 0) is 124 Å². The third-order valence-corrected chi connectivity index (χ3v) is 13.8. The number of carbonyl (C=O) groups excluding carboxylic acids is 1. The summed E-state index contributed by atoms with van der Waals surface area (Å²) in [5.41, 5.74) is 0.950. The van der Waals surface area contributed by atoms with Crippen LogP contribution in [0.2, 0.25) is 0 Å². The second-order valence-electron chi connectivity index (χ2n) is 16.1. The fourth-order valence-electron chi connectivity index (χ4n) is 11.5. The molecule has 0 spiro atoms. The Morgan fingerprint density at radius 1 is 0.878 bits per heavy atom. The number of carbonyl (C=O) groups is 2. The van der Waals surface area contributed by atoms with Gasteiger partial charge in [0.05, 0.1) is 11.5 Å². The van der Waals surface area contributed by atoms with Crippen LogP contribution in [0.3, 0.4) is 0 Å². The lowest BCUT2D eigenvalue weighted by Gasteiger charge is -2.68. The van der Waals surface area contributed by atoms with Crippen molar-refractivity contribution < 1.29 is 30.0 Å². The Morgan fingerprint density at radius 2 is 1.51 bits per heavy atom. The fraction of sp³-hybridized carbons (Fsp3) is 0.829. The summed E-state index contributed by atoms with van der Waals surface area (Å²) in [6, 6.07) is 0. The van der Waals surface area contributed by atoms with Gasteiger partial charge in [-0.3, -0.25) is 9.59 Å². The first kappa shape index (κ1) is 30.8. The summed E-state index contributed by atoms with van der Waals surface area (Å²) >= 11 is 0. The van der Waals surface area contributed by atoms with Gasteiger partial charge in [0, 0.05) is 11.5 Å². The molecule has 0 aromatic carbocycles. The molecule has 5 aliphatic rings. The lowest BCUT2D eigenvalue weighted by atomic mass is 9.36. The molecule has 0 aliphatic heterocycles. The molecule has 5 rings (SSSR count). The van der Waals surface area contributed by atoms with Crippen LogP contribution in [0.4, 0.5) is 0 Å². The molecule has 5 aliphatic carbocycles. The van der Waals surface area contributed by atoms with E-state index >= 15 is 0 Å². The van der Waals surface area contributed by atoms with Gasteiger partial charge in [-0.1, -0.05) is 46.3 Å². The van der Waals surface area contributed by atoms with Gasteiger partial charge >= 0.3 is 5.97 Å². The van der Waals surface area contributed by atoms with Crippen LogP contribution in [0.5, 0.6) is 0 Å². The number of ketones is 1. The van der Waals surface area contributed by atoms with E-state index in [4.69, 9.17) is 0 Å². The van der Waals surface area contributed by atoms with E-state index in [1.807, 2.05) is 0 Å². The van der Waals surface area contributed by atoms with Gasteiger partial charge in [-0.15, -0.1) is 0 Å². The van der Waals surface area contributed by atoms with Gasteiger partial charge in [0.15, 0.2) is 5.78 Å². The van der Waals surface area contributed by atoms with Crippen molar-refractivity contribution >= 4 is 11.8 Å². The third-order valence-electron chi connectivity index (χ3n) is 13.8. The fourth-order valence-corrected chi connectivity index (χ4v) is 11.5. The molecule has 41 heavy (non-hydrogen) atoms. The predicted octanol–water partition coefficient (Wildman–Crippen LogP) is 6.85. The molecule has 6 nitrogen and oxygen atoms in total. The highest BCUT2D eigenvalue weighted by Gasteiger charge is 2.66. The van der Waals surface area contributed by atoms with Crippen molar-refractivity contribution in [3.8, 4) is 0 Å². The van der Waals surface area contributed by atoms with Gasteiger partial charge < -0.3 is 20.4 Å². The van der Waals surface area contributed by atoms with E-state index in [-0.39, 0.29) is 39.4 Å². The van der Waals surface area contributed by atoms with Crippen LogP contribution in [0, 0.1) is 57.2 Å². The number of aliphatic hydroxyl groups is 3. The van der Waals surface area contributed by atoms with Crippen LogP contribution in [0.25, 0.3) is 0 Å². The van der Waals surface area contributed by atoms with E-state index in [1.54, 1.807) is 6.92 Å². The van der Waals surface area contributed by atoms with Gasteiger partial charge in [0.25, 0.3) is 0 Å². The molecule has 0 amide bonds. The number of rotatable bonds is 5. The molecule has 4 saturated carbocycles. The second-order valence-corrected chi connectivity index (χ2v) is 16.1. The highest BCUT2D eigenvalue weighted by molar-refractivity contribution is 5.97. The molecular weight excluding hydrogens is 516 g/mol. The lowest BCUT2D eigenvalue weighted by molar-refractivity contribution is -0.178. The Hall–Kier alpha value is -1.66. The summed E-state index contributed by atoms with van der Waals surface area (Å²) in [5, 5.41) is 41.0. The number of carboxylic acids is 1. The Balaban J connectivity index is 1.45. The smallest absolute Gasteiger partial charge is 0.310 e. The molecule has 11 unspecified atom stereocenters. The molecule has 230 valence electrons. The number of aliphatic hydroxyl groups excluding tert-OH is 3. The molecule has 0 aromatic rings. The maximum atomic E-state index is 13.8. The highest BCUT2D eigenvalue weighted by Crippen LogP contribution is 2.72. The van der Waals surface area contributed by atoms with E-state index in [0.29, 0.717) is 23.7 Å². The normalized spacial score (nSPS) is 45.4. The monoisotopic (exact) mass is 570 g/mol. The molecule has 6 heteroatoms. The number of hydrogen-bond acceptors (Lipinski definition) is 5. The van der Waals surface area contributed by atoms with Crippen LogP contribution >= 0.6 is 0 Å². The topological polar surface area (TPSA) is 115 Å². The van der Waals surface area contributed by atoms with E-state index in [1.165, 1.54) is 12.5 Å². The molecular formula is C35H54O6. The van der Waals surface area contributed by atoms with Crippen molar-refractivity contribution in [1.82, 2.24) is 0 Å². The SMILES string of the molecule is C/C(C(=O)C1CCC2(C)C(CCC3(C)C4CCC5(C(=O)O)CCC(C)CC5C4=CCC32)C1(C)C)=C(/O)C(O)C(C)O. The summed E-state index contributed by atoms with van der Waals surface area (Å²) in [4.78, 5) is 26.5. The van der Waals surface area contributed by atoms with Crippen LogP contribution in [-0.2, 0) is 9.59 Å². The maximum absolute atomic E-state index is 13.8. The zero-order valence-electron chi connectivity index (χ0n) is 26.4. The maximum Gasteiger partial charge on any atom is 0.310 e. The molecule has 0 aromatic heterocycles. The first-order chi connectivity index (χ1) is 19.0. The summed E-state index contributed by atoms with van der Waals surface area (Å²) < 4.78 is 0. The zero-order chi connectivity index (χ0) is 30.3. The number of fused-ring (bicyclic) bond motifs is 7. The number of Topliss-reactive ketones (excluding diaryl/α,β-unsaturated/α-hetero) is 1. The van der Waals surface area contributed by atoms with Crippen LogP contribution in [0.15, 0.2) is 23.0 Å². The van der Waals surface area contributed by atoms with Crippen LogP contribution in [0.1, 0.15) is 113 Å². The number of aliphatic carboxylic acids is 1. The second kappa shape index (κ2) is 10.2. The van der Waals surface area contributed by atoms with E-state index in [9.17, 15) is 30.0 Å². The molecule has 11 atom stereocenters. The highest BCUT2D eigenvalue weighted by atomic mass is 16.4. The van der Waals surface area contributed by atoms with Crippen molar-refractivity contribution in [3.63, 3.8) is 0 Å². The average molecular weight is 571 g/mol. The van der Waals surface area contributed by atoms with E-state index in [2.05, 4.69) is 40.7 Å². The van der Waals surface area contributed by atoms with Gasteiger partial charge in [0.1, 0.15) is 11.9 Å². The van der Waals surface area contributed by atoms with Gasteiger partial charge in [0.2, 0.25) is 0 Å². The van der Waals surface area contributed by atoms with Crippen molar-refractivity contribution in [1.29, 1.82) is 0 Å². The van der Waals surface area contributed by atoms with Crippen LogP contribution in [-0.4, -0.2) is 44.4 Å². The first-order valence-electron chi connectivity index (χ1n) is 16.3. The largest absolute Gasteiger partial charge is 0.509 e. The number of allylic oxidation sites excluding steroid dienone is 3. The molecule has 0 heterocycles. The Morgan fingerprint density at radius 3 is 2.15 bits per heavy atom. The van der Waals surface area contributed by atoms with Crippen molar-refractivity contribution in [3.05, 3.63) is 23.0 Å². The van der Waals surface area contributed by atoms with Crippen molar-refractivity contribution in [2.45, 2.75) is 125 Å². The van der Waals surface area contributed by atoms with Gasteiger partial charge in [-0.2, -0.15) is 0 Å². The standard InChI is InChI=1S/C35H54O6/c1-19-10-16-35(31(40)41)17-12-23-22(25(35)18-19)8-9-27-33(23,6)15-13-26-32(4,5)24(11-14-34(26,27)7)28(37)20(2)29(38)30(39)21(3)36/h8,19,21,23-27,30,36,38-39H,9-18H2,1-7H3,(H,40,41)/b29-20-. The summed E-state index contributed by atoms with van der Waals surface area (Å²) in [6.07, 6.45) is 9.25. The Kier molecular flexibility index (Phi) is 7.67.